The first-order valence-corrected chi connectivity index (χ1v) is 5.24. The van der Waals surface area contributed by atoms with Gasteiger partial charge in [0.05, 0.1) is 6.10 Å². The highest BCUT2D eigenvalue weighted by Gasteiger charge is 2.31. The fourth-order valence-corrected chi connectivity index (χ4v) is 2.21. The number of hydrogen-bond acceptors (Lipinski definition) is 2. The molecule has 3 nitrogen and oxygen atoms in total. The lowest BCUT2D eigenvalue weighted by atomic mass is 9.89. The van der Waals surface area contributed by atoms with Crippen molar-refractivity contribution in [3.05, 3.63) is 0 Å². The standard InChI is InChI=1S/C10H17NO2/c12-9-5-8(6-9)11-10(13)7-3-1-2-4-7/h7-9,12H,1-6H2,(H,11,13)/t8-,9+. The Bertz CT molecular complexity index is 193. The number of carbonyl (C=O) groups is 1. The zero-order valence-electron chi connectivity index (χ0n) is 7.83. The van der Waals surface area contributed by atoms with E-state index in [0.717, 1.165) is 25.7 Å². The SMILES string of the molecule is O=C(N[C@H]1C[C@@H](O)C1)C1CCCC1. The van der Waals surface area contributed by atoms with E-state index in [0.29, 0.717) is 0 Å². The number of hydrogen-bond donors (Lipinski definition) is 2. The predicted molar refractivity (Wildman–Crippen MR) is 49.1 cm³/mol. The zero-order valence-corrected chi connectivity index (χ0v) is 7.83. The van der Waals surface area contributed by atoms with Crippen LogP contribution in [0.5, 0.6) is 0 Å². The molecule has 0 aromatic rings. The molecule has 13 heavy (non-hydrogen) atoms. The minimum Gasteiger partial charge on any atom is -0.393 e. The van der Waals surface area contributed by atoms with E-state index >= 15 is 0 Å². The second-order valence-electron chi connectivity index (χ2n) is 4.31. The number of amides is 1. The first-order chi connectivity index (χ1) is 6.25. The van der Waals surface area contributed by atoms with Crippen molar-refractivity contribution >= 4 is 5.91 Å². The topological polar surface area (TPSA) is 49.3 Å². The molecule has 0 aromatic carbocycles. The smallest absolute Gasteiger partial charge is 0.223 e. The minimum absolute atomic E-state index is 0.172. The van der Waals surface area contributed by atoms with E-state index in [-0.39, 0.29) is 24.0 Å². The largest absolute Gasteiger partial charge is 0.393 e. The molecule has 0 radical (unpaired) electrons. The molecule has 0 spiro atoms. The van der Waals surface area contributed by atoms with E-state index in [1.807, 2.05) is 0 Å². The molecule has 0 atom stereocenters. The molecule has 2 fully saturated rings. The Balaban J connectivity index is 1.72. The molecule has 0 saturated heterocycles. The van der Waals surface area contributed by atoms with E-state index in [4.69, 9.17) is 5.11 Å². The van der Waals surface area contributed by atoms with Crippen LogP contribution in [0.1, 0.15) is 38.5 Å². The molecule has 0 bridgehead atoms. The fourth-order valence-electron chi connectivity index (χ4n) is 2.21. The van der Waals surface area contributed by atoms with Gasteiger partial charge in [-0.25, -0.2) is 0 Å². The van der Waals surface area contributed by atoms with Gasteiger partial charge in [0, 0.05) is 12.0 Å². The lowest BCUT2D eigenvalue weighted by Gasteiger charge is -2.32. The summed E-state index contributed by atoms with van der Waals surface area (Å²) in [6.07, 6.45) is 5.84. The molecule has 2 aliphatic carbocycles. The summed E-state index contributed by atoms with van der Waals surface area (Å²) in [6.45, 7) is 0. The van der Waals surface area contributed by atoms with E-state index in [1.54, 1.807) is 0 Å². The third-order valence-electron chi connectivity index (χ3n) is 3.19. The van der Waals surface area contributed by atoms with Crippen LogP contribution >= 0.6 is 0 Å². The summed E-state index contributed by atoms with van der Waals surface area (Å²) >= 11 is 0. The summed E-state index contributed by atoms with van der Waals surface area (Å²) < 4.78 is 0. The summed E-state index contributed by atoms with van der Waals surface area (Å²) in [7, 11) is 0. The molecule has 0 unspecified atom stereocenters. The molecule has 74 valence electrons. The molecular weight excluding hydrogens is 166 g/mol. The van der Waals surface area contributed by atoms with Gasteiger partial charge in [-0.2, -0.15) is 0 Å². The molecule has 0 aromatic heterocycles. The summed E-state index contributed by atoms with van der Waals surface area (Å²) in [6, 6.07) is 0.253. The number of carbonyl (C=O) groups excluding carboxylic acids is 1. The maximum Gasteiger partial charge on any atom is 0.223 e. The minimum atomic E-state index is -0.172. The van der Waals surface area contributed by atoms with Crippen LogP contribution in [0.3, 0.4) is 0 Å². The molecule has 2 saturated carbocycles. The van der Waals surface area contributed by atoms with Crippen LogP contribution in [0.25, 0.3) is 0 Å². The van der Waals surface area contributed by atoms with Gasteiger partial charge in [-0.15, -0.1) is 0 Å². The van der Waals surface area contributed by atoms with Crippen molar-refractivity contribution < 1.29 is 9.90 Å². The normalized spacial score (nSPS) is 34.2. The van der Waals surface area contributed by atoms with Gasteiger partial charge in [-0.3, -0.25) is 4.79 Å². The molecule has 2 N–H and O–H groups in total. The van der Waals surface area contributed by atoms with Gasteiger partial charge < -0.3 is 10.4 Å². The Labute approximate surface area is 78.5 Å². The van der Waals surface area contributed by atoms with E-state index in [9.17, 15) is 4.79 Å². The summed E-state index contributed by atoms with van der Waals surface area (Å²) in [5.74, 6) is 0.479. The van der Waals surface area contributed by atoms with Gasteiger partial charge in [0.1, 0.15) is 0 Å². The number of aliphatic hydroxyl groups is 1. The Morgan fingerprint density at radius 1 is 1.23 bits per heavy atom. The molecule has 2 rings (SSSR count). The third-order valence-corrected chi connectivity index (χ3v) is 3.19. The van der Waals surface area contributed by atoms with Gasteiger partial charge in [0.25, 0.3) is 0 Å². The van der Waals surface area contributed by atoms with Crippen molar-refractivity contribution in [3.8, 4) is 0 Å². The van der Waals surface area contributed by atoms with Crippen LogP contribution in [-0.2, 0) is 4.79 Å². The average molecular weight is 183 g/mol. The van der Waals surface area contributed by atoms with Crippen molar-refractivity contribution in [3.63, 3.8) is 0 Å². The Morgan fingerprint density at radius 2 is 1.85 bits per heavy atom. The van der Waals surface area contributed by atoms with Crippen molar-refractivity contribution in [2.75, 3.05) is 0 Å². The van der Waals surface area contributed by atoms with Crippen LogP contribution in [0, 0.1) is 5.92 Å². The third kappa shape index (κ3) is 2.02. The van der Waals surface area contributed by atoms with E-state index in [1.165, 1.54) is 12.8 Å². The average Bonchev–Trinajstić information content (AvgIpc) is 2.53. The summed E-state index contributed by atoms with van der Waals surface area (Å²) in [5.41, 5.74) is 0. The monoisotopic (exact) mass is 183 g/mol. The summed E-state index contributed by atoms with van der Waals surface area (Å²) in [5, 5.41) is 12.0. The quantitative estimate of drug-likeness (QED) is 0.665. The predicted octanol–water partition coefficient (Wildman–Crippen LogP) is 0.816. The zero-order chi connectivity index (χ0) is 9.26. The van der Waals surface area contributed by atoms with Crippen LogP contribution < -0.4 is 5.32 Å². The van der Waals surface area contributed by atoms with Crippen molar-refractivity contribution in [1.29, 1.82) is 0 Å². The second-order valence-corrected chi connectivity index (χ2v) is 4.31. The fraction of sp³-hybridized carbons (Fsp3) is 0.900. The van der Waals surface area contributed by atoms with Crippen LogP contribution in [-0.4, -0.2) is 23.2 Å². The van der Waals surface area contributed by atoms with E-state index in [2.05, 4.69) is 5.32 Å². The van der Waals surface area contributed by atoms with Crippen LogP contribution in [0.4, 0.5) is 0 Å². The Morgan fingerprint density at radius 3 is 2.38 bits per heavy atom. The lowest BCUT2D eigenvalue weighted by Crippen LogP contribution is -2.48. The van der Waals surface area contributed by atoms with Gasteiger partial charge in [-0.05, 0) is 25.7 Å². The second kappa shape index (κ2) is 3.66. The highest BCUT2D eigenvalue weighted by atomic mass is 16.3. The number of aliphatic hydroxyl groups excluding tert-OH is 1. The van der Waals surface area contributed by atoms with Crippen molar-refractivity contribution in [2.45, 2.75) is 50.7 Å². The lowest BCUT2D eigenvalue weighted by molar-refractivity contribution is -0.126. The summed E-state index contributed by atoms with van der Waals surface area (Å²) in [4.78, 5) is 11.6. The Kier molecular flexibility index (Phi) is 2.54. The maximum absolute atomic E-state index is 11.6. The van der Waals surface area contributed by atoms with Gasteiger partial charge in [0.15, 0.2) is 0 Å². The number of nitrogens with one attached hydrogen (secondary N) is 1. The van der Waals surface area contributed by atoms with Crippen molar-refractivity contribution in [1.82, 2.24) is 5.32 Å². The highest BCUT2D eigenvalue weighted by Crippen LogP contribution is 2.26. The maximum atomic E-state index is 11.6. The first-order valence-electron chi connectivity index (χ1n) is 5.24. The molecule has 2 aliphatic rings. The van der Waals surface area contributed by atoms with Gasteiger partial charge >= 0.3 is 0 Å². The molecular formula is C10H17NO2. The van der Waals surface area contributed by atoms with Crippen molar-refractivity contribution in [2.24, 2.45) is 5.92 Å². The van der Waals surface area contributed by atoms with Crippen LogP contribution in [0.15, 0.2) is 0 Å². The van der Waals surface area contributed by atoms with Gasteiger partial charge in [0.2, 0.25) is 5.91 Å². The number of rotatable bonds is 2. The molecule has 0 heterocycles. The first kappa shape index (κ1) is 9.00. The Hall–Kier alpha value is -0.570. The van der Waals surface area contributed by atoms with Crippen LogP contribution in [0.2, 0.25) is 0 Å². The van der Waals surface area contributed by atoms with Gasteiger partial charge in [-0.1, -0.05) is 12.8 Å². The van der Waals surface area contributed by atoms with E-state index < -0.39 is 0 Å². The molecule has 0 aliphatic heterocycles. The molecule has 1 amide bonds. The highest BCUT2D eigenvalue weighted by molar-refractivity contribution is 5.79. The molecule has 3 heteroatoms.